The van der Waals surface area contributed by atoms with Gasteiger partial charge in [0.15, 0.2) is 5.78 Å². The molecule has 1 atom stereocenters. The van der Waals surface area contributed by atoms with Crippen LogP contribution in [0.15, 0.2) is 77.1 Å². The van der Waals surface area contributed by atoms with Crippen LogP contribution in [0.1, 0.15) is 58.7 Å². The number of halogens is 1. The van der Waals surface area contributed by atoms with Crippen LogP contribution in [0.25, 0.3) is 0 Å². The Bertz CT molecular complexity index is 1630. The first kappa shape index (κ1) is 26.7. The monoisotopic (exact) mass is 570 g/mol. The van der Waals surface area contributed by atoms with Gasteiger partial charge >= 0.3 is 0 Å². The molecule has 6 nitrogen and oxygen atoms in total. The molecule has 8 heteroatoms. The summed E-state index contributed by atoms with van der Waals surface area (Å²) >= 11 is 7.89. The smallest absolute Gasteiger partial charge is 0.227 e. The molecule has 0 saturated heterocycles. The number of anilines is 1. The first-order valence-corrected chi connectivity index (χ1v) is 14.9. The van der Waals surface area contributed by atoms with Crippen molar-refractivity contribution in [3.63, 3.8) is 0 Å². The quantitative estimate of drug-likeness (QED) is 0.229. The molecule has 0 radical (unpaired) electrons. The van der Waals surface area contributed by atoms with E-state index in [0.29, 0.717) is 29.9 Å². The number of nitrogens with one attached hydrogen (secondary N) is 1. The highest BCUT2D eigenvalue weighted by Crippen LogP contribution is 2.41. The standard InChI is InChI=1S/C32H31ClN4O2S/c1-19-15-21(3)24(16-20(19)2)17-39-25-13-11-22(12-14-25)30-29-27(9-6-10-28(29)38)34-31-35-32(36-37(30)31)40-18-23-7-4-5-8-26(23)33/h4-5,7-8,11-16,30H,6,9-10,17-18H2,1-3H3,(H,34,35,36). The van der Waals surface area contributed by atoms with Crippen molar-refractivity contribution in [1.82, 2.24) is 14.8 Å². The van der Waals surface area contributed by atoms with Gasteiger partial charge in [-0.15, -0.1) is 5.10 Å². The van der Waals surface area contributed by atoms with E-state index in [1.807, 2.05) is 53.2 Å². The average Bonchev–Trinajstić information content (AvgIpc) is 3.36. The molecule has 6 rings (SSSR count). The van der Waals surface area contributed by atoms with Crippen LogP contribution >= 0.6 is 23.4 Å². The fraction of sp³-hybridized carbons (Fsp3) is 0.281. The van der Waals surface area contributed by atoms with Crippen molar-refractivity contribution >= 4 is 35.1 Å². The lowest BCUT2D eigenvalue weighted by molar-refractivity contribution is -0.116. The fourth-order valence-corrected chi connectivity index (χ4v) is 6.46. The van der Waals surface area contributed by atoms with Crippen LogP contribution in [0.3, 0.4) is 0 Å². The molecule has 1 aliphatic carbocycles. The van der Waals surface area contributed by atoms with Crippen molar-refractivity contribution in [3.8, 4) is 5.75 Å². The highest BCUT2D eigenvalue weighted by molar-refractivity contribution is 7.98. The average molecular weight is 571 g/mol. The van der Waals surface area contributed by atoms with Gasteiger partial charge in [0.25, 0.3) is 0 Å². The number of benzene rings is 3. The van der Waals surface area contributed by atoms with Gasteiger partial charge in [0.1, 0.15) is 18.4 Å². The zero-order chi connectivity index (χ0) is 27.8. The van der Waals surface area contributed by atoms with Gasteiger partial charge in [0.05, 0.1) is 0 Å². The van der Waals surface area contributed by atoms with Gasteiger partial charge in [0.2, 0.25) is 11.1 Å². The lowest BCUT2D eigenvalue weighted by Gasteiger charge is -2.32. The van der Waals surface area contributed by atoms with Gasteiger partial charge in [-0.3, -0.25) is 4.79 Å². The number of carbonyl (C=O) groups is 1. The second-order valence-corrected chi connectivity index (χ2v) is 11.8. The van der Waals surface area contributed by atoms with E-state index in [2.05, 4.69) is 38.2 Å². The summed E-state index contributed by atoms with van der Waals surface area (Å²) in [6.07, 6.45) is 2.21. The molecule has 2 heterocycles. The van der Waals surface area contributed by atoms with Crippen molar-refractivity contribution in [2.24, 2.45) is 0 Å². The third-order valence-electron chi connectivity index (χ3n) is 7.71. The minimum Gasteiger partial charge on any atom is -0.489 e. The molecule has 2 aliphatic rings. The van der Waals surface area contributed by atoms with Crippen molar-refractivity contribution in [2.75, 3.05) is 5.32 Å². The summed E-state index contributed by atoms with van der Waals surface area (Å²) in [5.74, 6) is 2.27. The molecule has 1 N–H and O–H groups in total. The topological polar surface area (TPSA) is 69.0 Å². The van der Waals surface area contributed by atoms with Crippen LogP contribution in [0.2, 0.25) is 5.02 Å². The molecular weight excluding hydrogens is 540 g/mol. The zero-order valence-electron chi connectivity index (χ0n) is 22.8. The summed E-state index contributed by atoms with van der Waals surface area (Å²) < 4.78 is 8.01. The lowest BCUT2D eigenvalue weighted by atomic mass is 9.85. The Balaban J connectivity index is 1.26. The number of hydrogen-bond donors (Lipinski definition) is 1. The van der Waals surface area contributed by atoms with E-state index < -0.39 is 0 Å². The predicted molar refractivity (Wildman–Crippen MR) is 160 cm³/mol. The summed E-state index contributed by atoms with van der Waals surface area (Å²) in [5, 5.41) is 9.63. The van der Waals surface area contributed by atoms with Crippen molar-refractivity contribution < 1.29 is 9.53 Å². The Kier molecular flexibility index (Phi) is 7.43. The molecular formula is C32H31ClN4O2S. The largest absolute Gasteiger partial charge is 0.489 e. The summed E-state index contributed by atoms with van der Waals surface area (Å²) in [5.41, 5.74) is 8.71. The number of thioether (sulfide) groups is 1. The van der Waals surface area contributed by atoms with E-state index in [9.17, 15) is 4.79 Å². The third-order valence-corrected chi connectivity index (χ3v) is 8.96. The summed E-state index contributed by atoms with van der Waals surface area (Å²) in [7, 11) is 0. The number of nitrogens with zero attached hydrogens (tertiary/aromatic N) is 3. The first-order chi connectivity index (χ1) is 19.4. The number of hydrogen-bond acceptors (Lipinski definition) is 6. The van der Waals surface area contributed by atoms with Crippen molar-refractivity contribution in [3.05, 3.63) is 110 Å². The minimum atomic E-state index is -0.336. The van der Waals surface area contributed by atoms with Crippen LogP contribution < -0.4 is 10.1 Å². The van der Waals surface area contributed by atoms with E-state index >= 15 is 0 Å². The third kappa shape index (κ3) is 5.28. The molecule has 1 aromatic heterocycles. The number of aryl methyl sites for hydroxylation is 3. The van der Waals surface area contributed by atoms with Gasteiger partial charge in [-0.1, -0.05) is 65.8 Å². The summed E-state index contributed by atoms with van der Waals surface area (Å²) in [4.78, 5) is 18.0. The Morgan fingerprint density at radius 2 is 1.77 bits per heavy atom. The van der Waals surface area contributed by atoms with E-state index in [1.54, 1.807) is 0 Å². The molecule has 3 aromatic carbocycles. The van der Waals surface area contributed by atoms with Gasteiger partial charge in [0, 0.05) is 28.5 Å². The molecule has 4 aromatic rings. The van der Waals surface area contributed by atoms with Crippen molar-refractivity contribution in [2.45, 2.75) is 63.6 Å². The van der Waals surface area contributed by atoms with E-state index in [1.165, 1.54) is 34.0 Å². The first-order valence-electron chi connectivity index (χ1n) is 13.5. The minimum absolute atomic E-state index is 0.163. The molecule has 0 amide bonds. The van der Waals surface area contributed by atoms with Gasteiger partial charge in [-0.2, -0.15) is 4.98 Å². The number of carbonyl (C=O) groups excluding carboxylic acids is 1. The van der Waals surface area contributed by atoms with E-state index in [0.717, 1.165) is 46.0 Å². The maximum Gasteiger partial charge on any atom is 0.227 e. The van der Waals surface area contributed by atoms with Crippen LogP contribution in [0, 0.1) is 20.8 Å². The molecule has 1 aliphatic heterocycles. The van der Waals surface area contributed by atoms with E-state index in [-0.39, 0.29) is 11.8 Å². The number of fused-ring (bicyclic) bond motifs is 1. The maximum atomic E-state index is 13.2. The van der Waals surface area contributed by atoms with Crippen LogP contribution in [-0.2, 0) is 17.2 Å². The van der Waals surface area contributed by atoms with E-state index in [4.69, 9.17) is 26.4 Å². The second-order valence-electron chi connectivity index (χ2n) is 10.5. The molecule has 0 saturated carbocycles. The van der Waals surface area contributed by atoms with Gasteiger partial charge in [-0.05, 0) is 85.2 Å². The molecule has 0 bridgehead atoms. The Morgan fingerprint density at radius 3 is 2.58 bits per heavy atom. The summed E-state index contributed by atoms with van der Waals surface area (Å²) in [6.45, 7) is 6.88. The molecule has 40 heavy (non-hydrogen) atoms. The van der Waals surface area contributed by atoms with Crippen LogP contribution in [-0.4, -0.2) is 20.5 Å². The SMILES string of the molecule is Cc1cc(C)c(COc2ccc(C3C4=C(CCCC4=O)Nc4nc(SCc5ccccc5Cl)nn43)cc2)cc1C. The molecule has 0 spiro atoms. The van der Waals surface area contributed by atoms with Crippen LogP contribution in [0.5, 0.6) is 5.75 Å². The molecule has 204 valence electrons. The molecule has 0 fully saturated rings. The second kappa shape index (κ2) is 11.1. The number of Topliss-reactive ketones (excluding diaryl/α,β-unsaturated/α-hetero) is 1. The number of aromatic nitrogens is 3. The number of rotatable bonds is 7. The van der Waals surface area contributed by atoms with Crippen LogP contribution in [0.4, 0.5) is 5.95 Å². The predicted octanol–water partition coefficient (Wildman–Crippen LogP) is 7.75. The van der Waals surface area contributed by atoms with Gasteiger partial charge < -0.3 is 10.1 Å². The van der Waals surface area contributed by atoms with Gasteiger partial charge in [-0.25, -0.2) is 4.68 Å². The lowest BCUT2D eigenvalue weighted by Crippen LogP contribution is -2.31. The fourth-order valence-electron chi connectivity index (χ4n) is 5.35. The highest BCUT2D eigenvalue weighted by atomic mass is 35.5. The highest BCUT2D eigenvalue weighted by Gasteiger charge is 2.36. The molecule has 1 unspecified atom stereocenters. The number of ether oxygens (including phenoxy) is 1. The number of allylic oxidation sites excluding steroid dienone is 2. The summed E-state index contributed by atoms with van der Waals surface area (Å²) in [6, 6.07) is 19.9. The Morgan fingerprint density at radius 1 is 1.00 bits per heavy atom. The Labute approximate surface area is 243 Å². The normalized spacial score (nSPS) is 16.4. The van der Waals surface area contributed by atoms with Crippen molar-refractivity contribution in [1.29, 1.82) is 0 Å². The Hall–Kier alpha value is -3.55. The number of ketones is 1. The maximum absolute atomic E-state index is 13.2. The zero-order valence-corrected chi connectivity index (χ0v) is 24.4.